The van der Waals surface area contributed by atoms with Crippen molar-refractivity contribution in [2.45, 2.75) is 44.8 Å². The highest BCUT2D eigenvalue weighted by Crippen LogP contribution is 2.06. The maximum Gasteiger partial charge on any atom is 0.303 e. The van der Waals surface area contributed by atoms with E-state index in [4.69, 9.17) is 10.2 Å². The molecule has 2 atom stereocenters. The van der Waals surface area contributed by atoms with E-state index in [1.807, 2.05) is 0 Å². The fraction of sp³-hybridized carbons (Fsp3) is 0.875. The molecule has 0 heterocycles. The smallest absolute Gasteiger partial charge is 0.303 e. The number of hydrogen-bond acceptors (Lipinski definition) is 3. The normalized spacial score (nSPS) is 15.6. The molecule has 0 aliphatic carbocycles. The lowest BCUT2D eigenvalue weighted by molar-refractivity contribution is -0.137. The first-order chi connectivity index (χ1) is 5.52. The Morgan fingerprint density at radius 2 is 2.00 bits per heavy atom. The molecule has 0 aromatic carbocycles. The standard InChI is InChI=1S/C8H16O4/c1-6(9)5-7(10)3-2-4-8(11)12/h6-7,9-10H,2-5H2,1H3,(H,11,12). The second-order valence-corrected chi connectivity index (χ2v) is 3.02. The van der Waals surface area contributed by atoms with Gasteiger partial charge in [0, 0.05) is 6.42 Å². The van der Waals surface area contributed by atoms with Gasteiger partial charge in [-0.2, -0.15) is 0 Å². The van der Waals surface area contributed by atoms with Crippen molar-refractivity contribution in [3.8, 4) is 0 Å². The van der Waals surface area contributed by atoms with E-state index in [1.165, 1.54) is 0 Å². The van der Waals surface area contributed by atoms with Crippen LogP contribution < -0.4 is 0 Å². The lowest BCUT2D eigenvalue weighted by Gasteiger charge is -2.10. The zero-order chi connectivity index (χ0) is 9.56. The summed E-state index contributed by atoms with van der Waals surface area (Å²) in [5.41, 5.74) is 0. The van der Waals surface area contributed by atoms with Crippen molar-refractivity contribution in [1.82, 2.24) is 0 Å². The van der Waals surface area contributed by atoms with Crippen molar-refractivity contribution >= 4 is 5.97 Å². The minimum Gasteiger partial charge on any atom is -0.481 e. The third kappa shape index (κ3) is 7.50. The van der Waals surface area contributed by atoms with Crippen molar-refractivity contribution < 1.29 is 20.1 Å². The fourth-order valence-corrected chi connectivity index (χ4v) is 1.00. The van der Waals surface area contributed by atoms with E-state index >= 15 is 0 Å². The van der Waals surface area contributed by atoms with Gasteiger partial charge in [0.2, 0.25) is 0 Å². The summed E-state index contributed by atoms with van der Waals surface area (Å²) in [7, 11) is 0. The summed E-state index contributed by atoms with van der Waals surface area (Å²) < 4.78 is 0. The molecular formula is C8H16O4. The van der Waals surface area contributed by atoms with Gasteiger partial charge in [-0.1, -0.05) is 0 Å². The molecule has 2 unspecified atom stereocenters. The van der Waals surface area contributed by atoms with E-state index in [1.54, 1.807) is 6.92 Å². The Kier molecular flexibility index (Phi) is 5.66. The lowest BCUT2D eigenvalue weighted by Crippen LogP contribution is -2.15. The Bertz CT molecular complexity index is 133. The maximum atomic E-state index is 10.1. The first-order valence-electron chi connectivity index (χ1n) is 4.10. The number of carbonyl (C=O) groups is 1. The molecule has 4 nitrogen and oxygen atoms in total. The van der Waals surface area contributed by atoms with Gasteiger partial charge in [-0.15, -0.1) is 0 Å². The van der Waals surface area contributed by atoms with E-state index in [0.717, 1.165) is 0 Å². The Morgan fingerprint density at radius 3 is 2.42 bits per heavy atom. The van der Waals surface area contributed by atoms with E-state index in [2.05, 4.69) is 0 Å². The molecule has 72 valence electrons. The average Bonchev–Trinajstić information content (AvgIpc) is 1.84. The van der Waals surface area contributed by atoms with E-state index in [0.29, 0.717) is 19.3 Å². The first kappa shape index (κ1) is 11.4. The summed E-state index contributed by atoms with van der Waals surface area (Å²) in [5.74, 6) is -0.848. The van der Waals surface area contributed by atoms with Crippen molar-refractivity contribution in [2.75, 3.05) is 0 Å². The van der Waals surface area contributed by atoms with Gasteiger partial charge in [-0.3, -0.25) is 4.79 Å². The predicted octanol–water partition coefficient (Wildman–Crippen LogP) is 0.373. The summed E-state index contributed by atoms with van der Waals surface area (Å²) in [5, 5.41) is 26.3. The van der Waals surface area contributed by atoms with Crippen LogP contribution in [0.3, 0.4) is 0 Å². The molecule has 0 saturated carbocycles. The van der Waals surface area contributed by atoms with Crippen LogP contribution in [0.4, 0.5) is 0 Å². The van der Waals surface area contributed by atoms with E-state index in [-0.39, 0.29) is 6.42 Å². The van der Waals surface area contributed by atoms with Crippen molar-refractivity contribution in [1.29, 1.82) is 0 Å². The van der Waals surface area contributed by atoms with Crippen LogP contribution in [0.1, 0.15) is 32.6 Å². The Balaban J connectivity index is 3.31. The topological polar surface area (TPSA) is 77.8 Å². The van der Waals surface area contributed by atoms with Gasteiger partial charge >= 0.3 is 5.97 Å². The third-order valence-corrected chi connectivity index (χ3v) is 1.54. The largest absolute Gasteiger partial charge is 0.481 e. The maximum absolute atomic E-state index is 10.1. The monoisotopic (exact) mass is 176 g/mol. The van der Waals surface area contributed by atoms with Crippen LogP contribution in [-0.4, -0.2) is 33.5 Å². The summed E-state index contributed by atoms with van der Waals surface area (Å²) in [6.45, 7) is 1.60. The Morgan fingerprint density at radius 1 is 1.42 bits per heavy atom. The first-order valence-corrected chi connectivity index (χ1v) is 4.10. The van der Waals surface area contributed by atoms with Crippen LogP contribution in [0.25, 0.3) is 0 Å². The van der Waals surface area contributed by atoms with Crippen LogP contribution in [-0.2, 0) is 4.79 Å². The Labute approximate surface area is 71.8 Å². The van der Waals surface area contributed by atoms with Gasteiger partial charge in [-0.25, -0.2) is 0 Å². The molecule has 0 fully saturated rings. The minimum absolute atomic E-state index is 0.0802. The number of carboxylic acid groups (broad SMARTS) is 1. The van der Waals surface area contributed by atoms with Crippen LogP contribution in [0, 0.1) is 0 Å². The molecule has 0 aliphatic rings. The van der Waals surface area contributed by atoms with Gasteiger partial charge in [0.25, 0.3) is 0 Å². The van der Waals surface area contributed by atoms with Crippen molar-refractivity contribution in [3.63, 3.8) is 0 Å². The van der Waals surface area contributed by atoms with Crippen LogP contribution >= 0.6 is 0 Å². The molecule has 0 spiro atoms. The second-order valence-electron chi connectivity index (χ2n) is 3.02. The van der Waals surface area contributed by atoms with Gasteiger partial charge in [-0.05, 0) is 26.2 Å². The second kappa shape index (κ2) is 5.97. The summed E-state index contributed by atoms with van der Waals surface area (Å²) >= 11 is 0. The van der Waals surface area contributed by atoms with Gasteiger partial charge in [0.05, 0.1) is 12.2 Å². The molecule has 0 aromatic rings. The number of aliphatic hydroxyl groups excluding tert-OH is 2. The number of hydrogen-bond donors (Lipinski definition) is 3. The van der Waals surface area contributed by atoms with Crippen LogP contribution in [0.2, 0.25) is 0 Å². The number of rotatable bonds is 6. The molecule has 0 rings (SSSR count). The lowest BCUT2D eigenvalue weighted by atomic mass is 10.1. The molecule has 0 radical (unpaired) electrons. The molecule has 0 bridgehead atoms. The summed E-state index contributed by atoms with van der Waals surface area (Å²) in [6.07, 6.45) is 0.200. The zero-order valence-corrected chi connectivity index (χ0v) is 7.23. The number of carboxylic acids is 1. The van der Waals surface area contributed by atoms with Gasteiger partial charge in [0.15, 0.2) is 0 Å². The fourth-order valence-electron chi connectivity index (χ4n) is 1.00. The Hall–Kier alpha value is -0.610. The molecule has 0 aliphatic heterocycles. The molecule has 0 aromatic heterocycles. The van der Waals surface area contributed by atoms with Gasteiger partial charge < -0.3 is 15.3 Å². The molecule has 4 heteroatoms. The predicted molar refractivity (Wildman–Crippen MR) is 43.8 cm³/mol. The summed E-state index contributed by atoms with van der Waals surface area (Å²) in [4.78, 5) is 10.1. The van der Waals surface area contributed by atoms with Crippen LogP contribution in [0.5, 0.6) is 0 Å². The number of aliphatic carboxylic acids is 1. The van der Waals surface area contributed by atoms with Gasteiger partial charge in [0.1, 0.15) is 0 Å². The molecule has 12 heavy (non-hydrogen) atoms. The average molecular weight is 176 g/mol. The quantitative estimate of drug-likeness (QED) is 0.546. The van der Waals surface area contributed by atoms with Crippen molar-refractivity contribution in [2.24, 2.45) is 0 Å². The molecule has 0 amide bonds. The zero-order valence-electron chi connectivity index (χ0n) is 7.23. The SMILES string of the molecule is CC(O)CC(O)CCCC(=O)O. The van der Waals surface area contributed by atoms with Crippen LogP contribution in [0.15, 0.2) is 0 Å². The van der Waals surface area contributed by atoms with E-state index in [9.17, 15) is 9.90 Å². The van der Waals surface area contributed by atoms with E-state index < -0.39 is 18.2 Å². The molecule has 0 saturated heterocycles. The van der Waals surface area contributed by atoms with Crippen molar-refractivity contribution in [3.05, 3.63) is 0 Å². The molecular weight excluding hydrogens is 160 g/mol. The number of aliphatic hydroxyl groups is 2. The minimum atomic E-state index is -0.848. The highest BCUT2D eigenvalue weighted by atomic mass is 16.4. The third-order valence-electron chi connectivity index (χ3n) is 1.54. The highest BCUT2D eigenvalue weighted by molar-refractivity contribution is 5.66. The molecule has 3 N–H and O–H groups in total. The highest BCUT2D eigenvalue weighted by Gasteiger charge is 2.08. The summed E-state index contributed by atoms with van der Waals surface area (Å²) in [6, 6.07) is 0.